The zero-order valence-electron chi connectivity index (χ0n) is 23.9. The summed E-state index contributed by atoms with van der Waals surface area (Å²) in [6, 6.07) is -0.0166. The highest BCUT2D eigenvalue weighted by Gasteiger charge is 2.60. The third-order valence-corrected chi connectivity index (χ3v) is 7.46. The molecule has 8 atom stereocenters. The third-order valence-electron chi connectivity index (χ3n) is 7.46. The molecular weight excluding hydrogens is 486 g/mol. The van der Waals surface area contributed by atoms with Gasteiger partial charge >= 0.3 is 5.97 Å². The number of hydrogen-bond acceptors (Lipinski definition) is 7. The third kappa shape index (κ3) is 8.61. The van der Waals surface area contributed by atoms with Crippen LogP contribution in [-0.2, 0) is 33.3 Å². The molecule has 0 radical (unpaired) electrons. The van der Waals surface area contributed by atoms with E-state index in [1.54, 1.807) is 13.0 Å². The van der Waals surface area contributed by atoms with Crippen molar-refractivity contribution in [1.82, 2.24) is 5.32 Å². The monoisotopic (exact) mass is 531 g/mol. The van der Waals surface area contributed by atoms with Gasteiger partial charge in [0.15, 0.2) is 6.10 Å². The Morgan fingerprint density at radius 1 is 1.11 bits per heavy atom. The van der Waals surface area contributed by atoms with Crippen molar-refractivity contribution in [2.24, 2.45) is 11.8 Å². The first-order valence-corrected chi connectivity index (χ1v) is 13.8. The first-order chi connectivity index (χ1) is 17.9. The molecule has 0 bridgehead atoms. The first-order valence-electron chi connectivity index (χ1n) is 13.8. The van der Waals surface area contributed by atoms with E-state index in [1.165, 1.54) is 6.92 Å². The van der Waals surface area contributed by atoms with Gasteiger partial charge in [-0.3, -0.25) is 14.4 Å². The van der Waals surface area contributed by atoms with Crippen LogP contribution >= 0.6 is 0 Å². The zero-order valence-corrected chi connectivity index (χ0v) is 23.9. The van der Waals surface area contributed by atoms with Crippen LogP contribution in [-0.4, -0.2) is 66.4 Å². The van der Waals surface area contributed by atoms with E-state index in [-0.39, 0.29) is 47.9 Å². The van der Waals surface area contributed by atoms with Crippen LogP contribution in [0.5, 0.6) is 0 Å². The molecule has 8 heteroatoms. The van der Waals surface area contributed by atoms with Crippen molar-refractivity contribution in [3.05, 3.63) is 36.0 Å². The fourth-order valence-corrected chi connectivity index (χ4v) is 5.30. The summed E-state index contributed by atoms with van der Waals surface area (Å²) in [4.78, 5) is 35.7. The van der Waals surface area contributed by atoms with Crippen LogP contribution in [0.15, 0.2) is 36.0 Å². The maximum Gasteiger partial charge on any atom is 0.303 e. The number of Topliss-reactive ketones (excluding diaryl/α,β-unsaturated/α-hetero) is 1. The maximum absolute atomic E-state index is 12.2. The van der Waals surface area contributed by atoms with Crippen molar-refractivity contribution in [3.8, 4) is 0 Å². The van der Waals surface area contributed by atoms with E-state index in [0.717, 1.165) is 18.4 Å². The lowest BCUT2D eigenvalue weighted by molar-refractivity contribution is -0.178. The van der Waals surface area contributed by atoms with Gasteiger partial charge in [0.25, 0.3) is 0 Å². The van der Waals surface area contributed by atoms with Crippen LogP contribution in [0.25, 0.3) is 0 Å². The highest BCUT2D eigenvalue weighted by Crippen LogP contribution is 2.45. The number of epoxide rings is 1. The van der Waals surface area contributed by atoms with Crippen LogP contribution in [0, 0.1) is 11.8 Å². The first kappa shape index (κ1) is 30.3. The number of nitrogens with one attached hydrogen (secondary N) is 1. The SMILES string of the molecule is CC(=O)C[C@@H]1C[C@@]2(CO2)[C@H](OC(C)=O)[C@@H](/C=C/C(C)=C/C[C@@H]2O[C@H](C)[C@H](NC(=O)/C=C\C(C)C)C[C@@H]2C)O1. The number of ether oxygens (including phenoxy) is 4. The quantitative estimate of drug-likeness (QED) is 0.195. The van der Waals surface area contributed by atoms with Gasteiger partial charge in [-0.05, 0) is 51.5 Å². The second-order valence-corrected chi connectivity index (χ2v) is 11.6. The summed E-state index contributed by atoms with van der Waals surface area (Å²) >= 11 is 0. The van der Waals surface area contributed by atoms with E-state index in [9.17, 15) is 14.4 Å². The van der Waals surface area contributed by atoms with E-state index in [0.29, 0.717) is 25.4 Å². The van der Waals surface area contributed by atoms with Crippen molar-refractivity contribution in [2.75, 3.05) is 6.61 Å². The summed E-state index contributed by atoms with van der Waals surface area (Å²) in [6.07, 6.45) is 10.6. The summed E-state index contributed by atoms with van der Waals surface area (Å²) in [5.41, 5.74) is 0.460. The Bertz CT molecular complexity index is 948. The molecule has 3 aliphatic heterocycles. The molecule has 1 N–H and O–H groups in total. The van der Waals surface area contributed by atoms with Crippen molar-refractivity contribution >= 4 is 17.7 Å². The van der Waals surface area contributed by atoms with Gasteiger partial charge in [-0.25, -0.2) is 0 Å². The molecule has 3 aliphatic rings. The van der Waals surface area contributed by atoms with Gasteiger partial charge in [0.1, 0.15) is 17.5 Å². The second-order valence-electron chi connectivity index (χ2n) is 11.6. The Hall–Kier alpha value is -2.29. The average Bonchev–Trinajstić information content (AvgIpc) is 3.58. The van der Waals surface area contributed by atoms with Crippen LogP contribution in [0.3, 0.4) is 0 Å². The smallest absolute Gasteiger partial charge is 0.303 e. The lowest BCUT2D eigenvalue weighted by Gasteiger charge is -2.39. The Kier molecular flexibility index (Phi) is 10.5. The minimum atomic E-state index is -0.575. The number of rotatable bonds is 10. The largest absolute Gasteiger partial charge is 0.456 e. The molecule has 3 fully saturated rings. The van der Waals surface area contributed by atoms with E-state index in [4.69, 9.17) is 18.9 Å². The van der Waals surface area contributed by atoms with Crippen LogP contribution in [0.1, 0.15) is 74.1 Å². The van der Waals surface area contributed by atoms with E-state index >= 15 is 0 Å². The van der Waals surface area contributed by atoms with Gasteiger partial charge in [-0.2, -0.15) is 0 Å². The minimum Gasteiger partial charge on any atom is -0.456 e. The molecule has 0 aromatic carbocycles. The Balaban J connectivity index is 1.59. The van der Waals surface area contributed by atoms with Crippen LogP contribution < -0.4 is 5.32 Å². The lowest BCUT2D eigenvalue weighted by Crippen LogP contribution is -2.52. The molecule has 1 spiro atoms. The van der Waals surface area contributed by atoms with Gasteiger partial charge in [-0.1, -0.05) is 50.6 Å². The molecule has 0 aromatic heterocycles. The maximum atomic E-state index is 12.2. The van der Waals surface area contributed by atoms with Gasteiger partial charge in [0.2, 0.25) is 5.91 Å². The van der Waals surface area contributed by atoms with Gasteiger partial charge in [0, 0.05) is 19.8 Å². The van der Waals surface area contributed by atoms with Gasteiger partial charge < -0.3 is 24.3 Å². The molecule has 3 heterocycles. The molecule has 212 valence electrons. The summed E-state index contributed by atoms with van der Waals surface area (Å²) in [7, 11) is 0. The number of hydrogen-bond donors (Lipinski definition) is 1. The second kappa shape index (κ2) is 13.2. The van der Waals surface area contributed by atoms with Crippen molar-refractivity contribution in [2.45, 2.75) is 116 Å². The fraction of sp³-hybridized carbons (Fsp3) is 0.700. The van der Waals surface area contributed by atoms with Gasteiger partial charge in [-0.15, -0.1) is 0 Å². The average molecular weight is 532 g/mol. The molecule has 38 heavy (non-hydrogen) atoms. The number of carbonyl (C=O) groups is 3. The predicted octanol–water partition coefficient (Wildman–Crippen LogP) is 4.23. The fourth-order valence-electron chi connectivity index (χ4n) is 5.30. The van der Waals surface area contributed by atoms with E-state index in [1.807, 2.05) is 45.9 Å². The molecule has 0 unspecified atom stereocenters. The normalized spacial score (nSPS) is 35.7. The minimum absolute atomic E-state index is 0.0166. The predicted molar refractivity (Wildman–Crippen MR) is 144 cm³/mol. The van der Waals surface area contributed by atoms with Crippen molar-refractivity contribution in [1.29, 1.82) is 0 Å². The summed E-state index contributed by atoms with van der Waals surface area (Å²) in [5.74, 6) is 0.210. The van der Waals surface area contributed by atoms with Crippen molar-refractivity contribution in [3.63, 3.8) is 0 Å². The molecule has 0 aromatic rings. The molecule has 1 amide bonds. The highest BCUT2D eigenvalue weighted by atomic mass is 16.7. The molecule has 0 aliphatic carbocycles. The topological polar surface area (TPSA) is 103 Å². The summed E-state index contributed by atoms with van der Waals surface area (Å²) in [5, 5.41) is 3.08. The van der Waals surface area contributed by atoms with Gasteiger partial charge in [0.05, 0.1) is 31.0 Å². The van der Waals surface area contributed by atoms with Crippen LogP contribution in [0.4, 0.5) is 0 Å². The molecule has 3 saturated heterocycles. The number of esters is 1. The molecule has 0 saturated carbocycles. The lowest BCUT2D eigenvalue weighted by atomic mass is 9.86. The molecule has 3 rings (SSSR count). The van der Waals surface area contributed by atoms with E-state index in [2.05, 4.69) is 18.3 Å². The standard InChI is InChI=1S/C30H45NO7/c1-18(2)8-13-28(34)31-25-14-20(4)26(36-22(25)6)11-9-19(3)10-12-27-29(37-23(7)33)30(17-35-30)16-24(38-27)15-21(5)32/h8-10,12-13,18,20,22,24-27,29H,11,14-17H2,1-7H3,(H,31,34)/b12-10+,13-8-,19-9+/t20-,22+,24+,25+,26-,27+,29+,30+/m0/s1. The van der Waals surface area contributed by atoms with E-state index < -0.39 is 17.8 Å². The Labute approximate surface area is 227 Å². The number of carbonyl (C=O) groups excluding carboxylic acids is 3. The Morgan fingerprint density at radius 2 is 1.82 bits per heavy atom. The number of ketones is 1. The van der Waals surface area contributed by atoms with Crippen LogP contribution in [0.2, 0.25) is 0 Å². The Morgan fingerprint density at radius 3 is 2.42 bits per heavy atom. The summed E-state index contributed by atoms with van der Waals surface area (Å²) in [6.45, 7) is 13.7. The number of amides is 1. The van der Waals surface area contributed by atoms with Crippen molar-refractivity contribution < 1.29 is 33.3 Å². The molecule has 8 nitrogen and oxygen atoms in total. The zero-order chi connectivity index (χ0) is 28.0. The molecular formula is C30H45NO7. The summed E-state index contributed by atoms with van der Waals surface area (Å²) < 4.78 is 23.8. The highest BCUT2D eigenvalue weighted by molar-refractivity contribution is 5.87. The number of allylic oxidation sites excluding steroid dienone is 3.